The fourth-order valence-corrected chi connectivity index (χ4v) is 3.08. The van der Waals surface area contributed by atoms with Gasteiger partial charge in [0.05, 0.1) is 5.56 Å². The van der Waals surface area contributed by atoms with Crippen molar-refractivity contribution in [2.75, 3.05) is 26.2 Å². The van der Waals surface area contributed by atoms with E-state index < -0.39 is 0 Å². The SMILES string of the molecule is CC(N)CCC(=O)N1CCCN(C(=O)c2ccsc2)CC1. The Morgan fingerprint density at radius 3 is 2.67 bits per heavy atom. The lowest BCUT2D eigenvalue weighted by molar-refractivity contribution is -0.131. The molecule has 0 saturated carbocycles. The molecule has 1 aliphatic rings. The summed E-state index contributed by atoms with van der Waals surface area (Å²) in [5.74, 6) is 0.221. The molecule has 6 heteroatoms. The third kappa shape index (κ3) is 4.54. The smallest absolute Gasteiger partial charge is 0.254 e. The molecule has 5 nitrogen and oxygen atoms in total. The minimum Gasteiger partial charge on any atom is -0.341 e. The van der Waals surface area contributed by atoms with Gasteiger partial charge in [-0.25, -0.2) is 0 Å². The second-order valence-corrected chi connectivity index (χ2v) is 6.33. The zero-order valence-electron chi connectivity index (χ0n) is 12.5. The lowest BCUT2D eigenvalue weighted by atomic mass is 10.2. The van der Waals surface area contributed by atoms with Crippen molar-refractivity contribution in [3.8, 4) is 0 Å². The van der Waals surface area contributed by atoms with Crippen molar-refractivity contribution < 1.29 is 9.59 Å². The standard InChI is InChI=1S/C15H23N3O2S/c1-12(16)3-4-14(19)17-6-2-7-18(9-8-17)15(20)13-5-10-21-11-13/h5,10-12H,2-4,6-9,16H2,1H3. The molecule has 2 amide bonds. The van der Waals surface area contributed by atoms with Gasteiger partial charge in [-0.1, -0.05) is 0 Å². The van der Waals surface area contributed by atoms with Gasteiger partial charge in [0.1, 0.15) is 0 Å². The molecule has 0 aromatic carbocycles. The van der Waals surface area contributed by atoms with Crippen LogP contribution >= 0.6 is 11.3 Å². The Morgan fingerprint density at radius 1 is 1.29 bits per heavy atom. The van der Waals surface area contributed by atoms with Crippen LogP contribution in [0.25, 0.3) is 0 Å². The van der Waals surface area contributed by atoms with Gasteiger partial charge in [0, 0.05) is 44.0 Å². The lowest BCUT2D eigenvalue weighted by Gasteiger charge is -2.22. The number of amides is 2. The van der Waals surface area contributed by atoms with Gasteiger partial charge in [-0.15, -0.1) is 0 Å². The molecule has 1 fully saturated rings. The highest BCUT2D eigenvalue weighted by molar-refractivity contribution is 7.08. The van der Waals surface area contributed by atoms with Crippen LogP contribution in [0, 0.1) is 0 Å². The summed E-state index contributed by atoms with van der Waals surface area (Å²) >= 11 is 1.53. The van der Waals surface area contributed by atoms with Crippen LogP contribution in [0.15, 0.2) is 16.8 Å². The van der Waals surface area contributed by atoms with Gasteiger partial charge in [-0.2, -0.15) is 11.3 Å². The summed E-state index contributed by atoms with van der Waals surface area (Å²) in [4.78, 5) is 28.2. The van der Waals surface area contributed by atoms with Crippen molar-refractivity contribution in [1.82, 2.24) is 9.80 Å². The zero-order chi connectivity index (χ0) is 15.2. The summed E-state index contributed by atoms with van der Waals surface area (Å²) in [7, 11) is 0. The first-order chi connectivity index (χ1) is 10.1. The number of hydrogen-bond donors (Lipinski definition) is 1. The minimum atomic E-state index is 0.0533. The fourth-order valence-electron chi connectivity index (χ4n) is 2.45. The molecule has 1 atom stereocenters. The number of rotatable bonds is 4. The van der Waals surface area contributed by atoms with E-state index in [1.54, 1.807) is 0 Å². The average Bonchev–Trinajstić information content (AvgIpc) is 2.88. The first kappa shape index (κ1) is 16.0. The van der Waals surface area contributed by atoms with E-state index in [1.807, 2.05) is 33.6 Å². The molecule has 0 spiro atoms. The topological polar surface area (TPSA) is 66.6 Å². The summed E-state index contributed by atoms with van der Waals surface area (Å²) in [6.45, 7) is 4.58. The molecule has 2 rings (SSSR count). The largest absolute Gasteiger partial charge is 0.341 e. The van der Waals surface area contributed by atoms with Crippen LogP contribution in [-0.2, 0) is 4.79 Å². The van der Waals surface area contributed by atoms with E-state index in [4.69, 9.17) is 5.73 Å². The second-order valence-electron chi connectivity index (χ2n) is 5.55. The van der Waals surface area contributed by atoms with Crippen molar-refractivity contribution in [1.29, 1.82) is 0 Å². The first-order valence-corrected chi connectivity index (χ1v) is 8.37. The van der Waals surface area contributed by atoms with E-state index in [2.05, 4.69) is 0 Å². The van der Waals surface area contributed by atoms with Crippen LogP contribution in [-0.4, -0.2) is 53.8 Å². The number of carbonyl (C=O) groups excluding carboxylic acids is 2. The van der Waals surface area contributed by atoms with E-state index in [-0.39, 0.29) is 17.9 Å². The van der Waals surface area contributed by atoms with Gasteiger partial charge in [-0.3, -0.25) is 9.59 Å². The molecule has 0 aliphatic carbocycles. The van der Waals surface area contributed by atoms with E-state index >= 15 is 0 Å². The van der Waals surface area contributed by atoms with E-state index in [1.165, 1.54) is 11.3 Å². The highest BCUT2D eigenvalue weighted by atomic mass is 32.1. The third-order valence-electron chi connectivity index (χ3n) is 3.72. The maximum atomic E-state index is 12.3. The van der Waals surface area contributed by atoms with Crippen molar-refractivity contribution >= 4 is 23.2 Å². The minimum absolute atomic E-state index is 0.0533. The van der Waals surface area contributed by atoms with Crippen LogP contribution in [0.1, 0.15) is 36.5 Å². The number of nitrogens with zero attached hydrogens (tertiary/aromatic N) is 2. The van der Waals surface area contributed by atoms with Gasteiger partial charge in [0.15, 0.2) is 0 Å². The Hall–Kier alpha value is -1.40. The van der Waals surface area contributed by atoms with Crippen molar-refractivity contribution in [3.63, 3.8) is 0 Å². The maximum absolute atomic E-state index is 12.3. The molecule has 0 radical (unpaired) electrons. The molecule has 1 aromatic rings. The Balaban J connectivity index is 1.87. The van der Waals surface area contributed by atoms with Gasteiger partial charge in [-0.05, 0) is 31.2 Å². The Kier molecular flexibility index (Phi) is 5.76. The number of nitrogens with two attached hydrogens (primary N) is 1. The fraction of sp³-hybridized carbons (Fsp3) is 0.600. The van der Waals surface area contributed by atoms with E-state index in [0.717, 1.165) is 18.5 Å². The Labute approximate surface area is 129 Å². The predicted octanol–water partition coefficient (Wildman–Crippen LogP) is 1.55. The molecule has 0 bridgehead atoms. The third-order valence-corrected chi connectivity index (χ3v) is 4.40. The molecular formula is C15H23N3O2S. The molecular weight excluding hydrogens is 286 g/mol. The number of thiophene rings is 1. The van der Waals surface area contributed by atoms with E-state index in [9.17, 15) is 9.59 Å². The van der Waals surface area contributed by atoms with Crippen LogP contribution < -0.4 is 5.73 Å². The molecule has 116 valence electrons. The van der Waals surface area contributed by atoms with Gasteiger partial charge >= 0.3 is 0 Å². The normalized spacial score (nSPS) is 17.4. The zero-order valence-corrected chi connectivity index (χ0v) is 13.3. The monoisotopic (exact) mass is 309 g/mol. The molecule has 2 heterocycles. The van der Waals surface area contributed by atoms with Crippen LogP contribution in [0.5, 0.6) is 0 Å². The summed E-state index contributed by atoms with van der Waals surface area (Å²) in [5, 5.41) is 3.79. The Morgan fingerprint density at radius 2 is 2.00 bits per heavy atom. The molecule has 1 saturated heterocycles. The summed E-state index contributed by atoms with van der Waals surface area (Å²) in [6, 6.07) is 1.90. The molecule has 1 aromatic heterocycles. The molecule has 1 aliphatic heterocycles. The number of carbonyl (C=O) groups is 2. The molecule has 21 heavy (non-hydrogen) atoms. The predicted molar refractivity (Wildman–Crippen MR) is 84.3 cm³/mol. The molecule has 1 unspecified atom stereocenters. The summed E-state index contributed by atoms with van der Waals surface area (Å²) in [5.41, 5.74) is 6.44. The van der Waals surface area contributed by atoms with E-state index in [0.29, 0.717) is 32.5 Å². The summed E-state index contributed by atoms with van der Waals surface area (Å²) in [6.07, 6.45) is 2.04. The van der Waals surface area contributed by atoms with Gasteiger partial charge in [0.25, 0.3) is 5.91 Å². The van der Waals surface area contributed by atoms with Crippen LogP contribution in [0.2, 0.25) is 0 Å². The lowest BCUT2D eigenvalue weighted by Crippen LogP contribution is -2.37. The summed E-state index contributed by atoms with van der Waals surface area (Å²) < 4.78 is 0. The maximum Gasteiger partial charge on any atom is 0.254 e. The van der Waals surface area contributed by atoms with Crippen molar-refractivity contribution in [3.05, 3.63) is 22.4 Å². The Bertz CT molecular complexity index is 473. The average molecular weight is 309 g/mol. The highest BCUT2D eigenvalue weighted by Gasteiger charge is 2.22. The first-order valence-electron chi connectivity index (χ1n) is 7.42. The van der Waals surface area contributed by atoms with Crippen LogP contribution in [0.3, 0.4) is 0 Å². The second kappa shape index (κ2) is 7.56. The highest BCUT2D eigenvalue weighted by Crippen LogP contribution is 2.13. The quantitative estimate of drug-likeness (QED) is 0.917. The van der Waals surface area contributed by atoms with Crippen molar-refractivity contribution in [2.24, 2.45) is 5.73 Å². The number of hydrogen-bond acceptors (Lipinski definition) is 4. The molecule has 2 N–H and O–H groups in total. The van der Waals surface area contributed by atoms with Crippen LogP contribution in [0.4, 0.5) is 0 Å². The van der Waals surface area contributed by atoms with Crippen molar-refractivity contribution in [2.45, 2.75) is 32.2 Å². The van der Waals surface area contributed by atoms with Gasteiger partial charge in [0.2, 0.25) is 5.91 Å². The van der Waals surface area contributed by atoms with Gasteiger partial charge < -0.3 is 15.5 Å².